The second-order valence-corrected chi connectivity index (χ2v) is 4.20. The summed E-state index contributed by atoms with van der Waals surface area (Å²) in [5, 5.41) is 12.6. The van der Waals surface area contributed by atoms with Crippen molar-refractivity contribution in [3.8, 4) is 0 Å². The SMILES string of the molecule is COCC(=O)NC(C)CC(O)c1ccc(F)cc1. The lowest BCUT2D eigenvalue weighted by Crippen LogP contribution is -2.36. The molecular formula is C13H18FNO3. The first-order valence-corrected chi connectivity index (χ1v) is 5.74. The van der Waals surface area contributed by atoms with Gasteiger partial charge in [0.1, 0.15) is 12.4 Å². The van der Waals surface area contributed by atoms with Gasteiger partial charge >= 0.3 is 0 Å². The van der Waals surface area contributed by atoms with Crippen LogP contribution in [0.4, 0.5) is 4.39 Å². The van der Waals surface area contributed by atoms with Gasteiger partial charge in [0.25, 0.3) is 0 Å². The molecule has 18 heavy (non-hydrogen) atoms. The molecule has 0 aliphatic heterocycles. The number of carbonyl (C=O) groups excluding carboxylic acids is 1. The minimum absolute atomic E-state index is 0.00299. The highest BCUT2D eigenvalue weighted by molar-refractivity contribution is 5.77. The third-order valence-electron chi connectivity index (χ3n) is 2.51. The van der Waals surface area contributed by atoms with Crippen LogP contribution in [0, 0.1) is 5.82 Å². The van der Waals surface area contributed by atoms with Gasteiger partial charge in [-0.2, -0.15) is 0 Å². The summed E-state index contributed by atoms with van der Waals surface area (Å²) in [6, 6.07) is 5.47. The fourth-order valence-corrected chi connectivity index (χ4v) is 1.66. The van der Waals surface area contributed by atoms with Crippen LogP contribution in [0.2, 0.25) is 0 Å². The fraction of sp³-hybridized carbons (Fsp3) is 0.462. The topological polar surface area (TPSA) is 58.6 Å². The van der Waals surface area contributed by atoms with Crippen molar-refractivity contribution < 1.29 is 19.0 Å². The van der Waals surface area contributed by atoms with Crippen molar-refractivity contribution in [3.05, 3.63) is 35.6 Å². The number of benzene rings is 1. The lowest BCUT2D eigenvalue weighted by atomic mass is 10.0. The van der Waals surface area contributed by atoms with Gasteiger partial charge < -0.3 is 15.2 Å². The summed E-state index contributed by atoms with van der Waals surface area (Å²) in [5.74, 6) is -0.566. The number of nitrogens with one attached hydrogen (secondary N) is 1. The average Bonchev–Trinajstić information content (AvgIpc) is 2.29. The molecule has 2 atom stereocenters. The maximum atomic E-state index is 12.7. The number of halogens is 1. The highest BCUT2D eigenvalue weighted by Gasteiger charge is 2.14. The molecule has 0 fully saturated rings. The minimum Gasteiger partial charge on any atom is -0.388 e. The molecule has 0 saturated heterocycles. The van der Waals surface area contributed by atoms with Gasteiger partial charge in [-0.3, -0.25) is 4.79 Å². The quantitative estimate of drug-likeness (QED) is 0.807. The van der Waals surface area contributed by atoms with Crippen LogP contribution in [0.25, 0.3) is 0 Å². The molecule has 0 spiro atoms. The zero-order valence-corrected chi connectivity index (χ0v) is 10.5. The molecule has 0 heterocycles. The monoisotopic (exact) mass is 255 g/mol. The summed E-state index contributed by atoms with van der Waals surface area (Å²) >= 11 is 0. The molecule has 2 unspecified atom stereocenters. The molecule has 0 aliphatic carbocycles. The van der Waals surface area contributed by atoms with Crippen LogP contribution >= 0.6 is 0 Å². The number of aliphatic hydroxyl groups excluding tert-OH is 1. The van der Waals surface area contributed by atoms with E-state index in [-0.39, 0.29) is 24.4 Å². The molecule has 1 amide bonds. The van der Waals surface area contributed by atoms with Crippen LogP contribution in [0.1, 0.15) is 25.0 Å². The summed E-state index contributed by atoms with van der Waals surface area (Å²) in [6.45, 7) is 1.79. The lowest BCUT2D eigenvalue weighted by Gasteiger charge is -2.18. The van der Waals surface area contributed by atoms with Crippen LogP contribution < -0.4 is 5.32 Å². The maximum absolute atomic E-state index is 12.7. The van der Waals surface area contributed by atoms with E-state index >= 15 is 0 Å². The number of carbonyl (C=O) groups is 1. The number of aliphatic hydroxyl groups is 1. The summed E-state index contributed by atoms with van der Waals surface area (Å²) in [4.78, 5) is 11.2. The van der Waals surface area contributed by atoms with Crippen LogP contribution in [0.3, 0.4) is 0 Å². The van der Waals surface area contributed by atoms with Crippen molar-refractivity contribution in [1.29, 1.82) is 0 Å². The molecular weight excluding hydrogens is 237 g/mol. The van der Waals surface area contributed by atoms with E-state index in [1.165, 1.54) is 31.4 Å². The Hall–Kier alpha value is -1.46. The first-order valence-electron chi connectivity index (χ1n) is 5.74. The van der Waals surface area contributed by atoms with E-state index in [1.807, 2.05) is 0 Å². The predicted octanol–water partition coefficient (Wildman–Crippen LogP) is 1.40. The number of ether oxygens (including phenoxy) is 1. The summed E-state index contributed by atoms with van der Waals surface area (Å²) < 4.78 is 17.4. The van der Waals surface area contributed by atoms with E-state index in [0.717, 1.165) is 0 Å². The number of hydrogen-bond acceptors (Lipinski definition) is 3. The normalized spacial score (nSPS) is 14.0. The summed E-state index contributed by atoms with van der Waals surface area (Å²) in [6.07, 6.45) is -0.371. The van der Waals surface area contributed by atoms with E-state index in [9.17, 15) is 14.3 Å². The predicted molar refractivity (Wildman–Crippen MR) is 65.5 cm³/mol. The Balaban J connectivity index is 2.46. The van der Waals surface area contributed by atoms with Crippen molar-refractivity contribution in [2.45, 2.75) is 25.5 Å². The van der Waals surface area contributed by atoms with Crippen molar-refractivity contribution in [2.24, 2.45) is 0 Å². The fourth-order valence-electron chi connectivity index (χ4n) is 1.66. The number of amides is 1. The van der Waals surface area contributed by atoms with Gasteiger partial charge in [-0.25, -0.2) is 4.39 Å². The minimum atomic E-state index is -0.733. The molecule has 2 N–H and O–H groups in total. The molecule has 0 bridgehead atoms. The van der Waals surface area contributed by atoms with E-state index in [0.29, 0.717) is 12.0 Å². The van der Waals surface area contributed by atoms with Gasteiger partial charge in [-0.15, -0.1) is 0 Å². The molecule has 100 valence electrons. The lowest BCUT2D eigenvalue weighted by molar-refractivity contribution is -0.125. The van der Waals surface area contributed by atoms with Gasteiger partial charge in [-0.05, 0) is 31.0 Å². The Morgan fingerprint density at radius 2 is 2.06 bits per heavy atom. The molecule has 1 aromatic carbocycles. The third-order valence-corrected chi connectivity index (χ3v) is 2.51. The Labute approximate surface area is 106 Å². The second-order valence-electron chi connectivity index (χ2n) is 4.20. The van der Waals surface area contributed by atoms with Gasteiger partial charge in [0.2, 0.25) is 5.91 Å². The van der Waals surface area contributed by atoms with Crippen molar-refractivity contribution in [1.82, 2.24) is 5.32 Å². The Morgan fingerprint density at radius 1 is 1.44 bits per heavy atom. The number of rotatable bonds is 6. The molecule has 0 aromatic heterocycles. The van der Waals surface area contributed by atoms with Crippen molar-refractivity contribution in [3.63, 3.8) is 0 Å². The van der Waals surface area contributed by atoms with Crippen LogP contribution in [0.5, 0.6) is 0 Å². The molecule has 0 saturated carbocycles. The molecule has 5 heteroatoms. The smallest absolute Gasteiger partial charge is 0.246 e. The third kappa shape index (κ3) is 4.81. The highest BCUT2D eigenvalue weighted by Crippen LogP contribution is 2.18. The molecule has 1 rings (SSSR count). The van der Waals surface area contributed by atoms with E-state index in [2.05, 4.69) is 5.32 Å². The second kappa shape index (κ2) is 7.08. The zero-order chi connectivity index (χ0) is 13.5. The summed E-state index contributed by atoms with van der Waals surface area (Å²) in [7, 11) is 1.44. The van der Waals surface area contributed by atoms with Crippen LogP contribution in [-0.4, -0.2) is 30.8 Å². The first-order chi connectivity index (χ1) is 8.52. The Morgan fingerprint density at radius 3 is 2.61 bits per heavy atom. The number of hydrogen-bond donors (Lipinski definition) is 2. The standard InChI is InChI=1S/C13H18FNO3/c1-9(15-13(17)8-18-2)7-12(16)10-3-5-11(14)6-4-10/h3-6,9,12,16H,7-8H2,1-2H3,(H,15,17). The molecule has 4 nitrogen and oxygen atoms in total. The van der Waals surface area contributed by atoms with Gasteiger partial charge in [0, 0.05) is 13.2 Å². The van der Waals surface area contributed by atoms with Crippen LogP contribution in [-0.2, 0) is 9.53 Å². The van der Waals surface area contributed by atoms with E-state index in [4.69, 9.17) is 4.74 Å². The summed E-state index contributed by atoms with van der Waals surface area (Å²) in [5.41, 5.74) is 0.629. The first kappa shape index (κ1) is 14.6. The van der Waals surface area contributed by atoms with Gasteiger partial charge in [0.05, 0.1) is 6.10 Å². The van der Waals surface area contributed by atoms with Gasteiger partial charge in [0.15, 0.2) is 0 Å². The van der Waals surface area contributed by atoms with E-state index in [1.54, 1.807) is 6.92 Å². The maximum Gasteiger partial charge on any atom is 0.246 e. The van der Waals surface area contributed by atoms with Gasteiger partial charge in [-0.1, -0.05) is 12.1 Å². The molecule has 0 radical (unpaired) electrons. The molecule has 0 aliphatic rings. The molecule has 1 aromatic rings. The Kier molecular flexibility index (Phi) is 5.74. The largest absolute Gasteiger partial charge is 0.388 e. The average molecular weight is 255 g/mol. The van der Waals surface area contributed by atoms with Crippen molar-refractivity contribution in [2.75, 3.05) is 13.7 Å². The van der Waals surface area contributed by atoms with Crippen molar-refractivity contribution >= 4 is 5.91 Å². The van der Waals surface area contributed by atoms with E-state index < -0.39 is 6.10 Å². The Bertz CT molecular complexity index is 380. The highest BCUT2D eigenvalue weighted by atomic mass is 19.1. The number of methoxy groups -OCH3 is 1. The zero-order valence-electron chi connectivity index (χ0n) is 10.5. The van der Waals surface area contributed by atoms with Crippen LogP contribution in [0.15, 0.2) is 24.3 Å².